The van der Waals surface area contributed by atoms with Crippen molar-refractivity contribution in [1.29, 1.82) is 0 Å². The number of ether oxygens (including phenoxy) is 7. The Bertz CT molecular complexity index is 1810. The van der Waals surface area contributed by atoms with E-state index < -0.39 is 103 Å². The molecule has 352 valence electrons. The standard InChI is InChI=1S/C48H70O15/c1-23-42(54)35(50)20-40(57-23)62-44-25(3)59-41(22-37(44)52)63-43-24(2)58-39(21-36(43)51)60-28-12-14-46(4)27(17-28)10-11-32-33(46)19-38(53)47(5)31(13-15-48(32,47)56)30-18-29(61-45(30)55)16-26-8-6-7-9-34(26)49/h6-9,18,23-25,27-29,31-33,35-44,49-54,56H,10-17,19-22H2,1-5H3/t23-,24-,25-,27+,28+,29?,31-,32-,33+,35+,36+,37+,38-,39+,40+,41+,42-,43-,44-,46+,47+,48-/m1/s1. The summed E-state index contributed by atoms with van der Waals surface area (Å²) in [4.78, 5) is 13.4. The highest BCUT2D eigenvalue weighted by Crippen LogP contribution is 2.70. The van der Waals surface area contributed by atoms with E-state index in [4.69, 9.17) is 33.2 Å². The summed E-state index contributed by atoms with van der Waals surface area (Å²) in [6.45, 7) is 9.56. The highest BCUT2D eigenvalue weighted by atomic mass is 16.7. The third-order valence-corrected chi connectivity index (χ3v) is 17.5. The number of aliphatic hydroxyl groups is 6. The molecular formula is C48H70O15. The average Bonchev–Trinajstić information content (AvgIpc) is 3.73. The van der Waals surface area contributed by atoms with Gasteiger partial charge in [-0.2, -0.15) is 0 Å². The normalized spacial score (nSPS) is 51.1. The molecule has 22 atom stereocenters. The fraction of sp³-hybridized carbons (Fsp3) is 0.812. The van der Waals surface area contributed by atoms with E-state index in [1.165, 1.54) is 0 Å². The van der Waals surface area contributed by atoms with E-state index in [0.717, 1.165) is 32.1 Å². The van der Waals surface area contributed by atoms with Gasteiger partial charge >= 0.3 is 5.97 Å². The van der Waals surface area contributed by atoms with Crippen LogP contribution in [-0.2, 0) is 44.4 Å². The van der Waals surface area contributed by atoms with Gasteiger partial charge in [-0.05, 0) is 113 Å². The Morgan fingerprint density at radius 1 is 0.714 bits per heavy atom. The number of esters is 1. The van der Waals surface area contributed by atoms with Gasteiger partial charge in [-0.25, -0.2) is 4.79 Å². The first-order valence-electron chi connectivity index (χ1n) is 23.6. The first-order chi connectivity index (χ1) is 29.9. The molecule has 4 heterocycles. The van der Waals surface area contributed by atoms with E-state index in [2.05, 4.69) is 6.92 Å². The number of aliphatic hydroxyl groups excluding tert-OH is 5. The van der Waals surface area contributed by atoms with Crippen molar-refractivity contribution in [2.24, 2.45) is 34.5 Å². The molecule has 9 rings (SSSR count). The molecule has 15 nitrogen and oxygen atoms in total. The van der Waals surface area contributed by atoms with E-state index >= 15 is 0 Å². The number of carbonyl (C=O) groups is 1. The number of cyclic esters (lactones) is 1. The Morgan fingerprint density at radius 2 is 1.33 bits per heavy atom. The Balaban J connectivity index is 0.784. The van der Waals surface area contributed by atoms with Gasteiger partial charge in [0.15, 0.2) is 18.9 Å². The second-order valence-corrected chi connectivity index (χ2v) is 20.9. The minimum atomic E-state index is -1.15. The van der Waals surface area contributed by atoms with Crippen molar-refractivity contribution >= 4 is 5.97 Å². The molecular weight excluding hydrogens is 817 g/mol. The third-order valence-electron chi connectivity index (χ3n) is 17.5. The maximum absolute atomic E-state index is 13.4. The first kappa shape index (κ1) is 45.9. The number of carbonyl (C=O) groups excluding carboxylic acids is 1. The fourth-order valence-electron chi connectivity index (χ4n) is 13.8. The second kappa shape index (κ2) is 17.4. The molecule has 4 aliphatic heterocycles. The second-order valence-electron chi connectivity index (χ2n) is 20.9. The minimum Gasteiger partial charge on any atom is -0.508 e. The van der Waals surface area contributed by atoms with Crippen LogP contribution in [0.25, 0.3) is 0 Å². The molecule has 63 heavy (non-hydrogen) atoms. The Hall–Kier alpha value is -2.25. The van der Waals surface area contributed by atoms with E-state index in [1.807, 2.05) is 32.1 Å². The van der Waals surface area contributed by atoms with Crippen molar-refractivity contribution in [2.75, 3.05) is 0 Å². The van der Waals surface area contributed by atoms with Gasteiger partial charge in [0.2, 0.25) is 0 Å². The van der Waals surface area contributed by atoms with Crippen LogP contribution in [0.4, 0.5) is 0 Å². The van der Waals surface area contributed by atoms with Crippen LogP contribution < -0.4 is 0 Å². The predicted octanol–water partition coefficient (Wildman–Crippen LogP) is 3.54. The molecule has 4 saturated carbocycles. The zero-order valence-corrected chi connectivity index (χ0v) is 37.2. The molecule has 3 saturated heterocycles. The van der Waals surface area contributed by atoms with E-state index in [-0.39, 0.29) is 54.3 Å². The topological polar surface area (TPSA) is 223 Å². The van der Waals surface area contributed by atoms with Crippen LogP contribution in [0.15, 0.2) is 35.9 Å². The zero-order chi connectivity index (χ0) is 44.7. The number of para-hydroxylation sites is 1. The summed E-state index contributed by atoms with van der Waals surface area (Å²) in [6, 6.07) is 7.04. The van der Waals surface area contributed by atoms with E-state index in [1.54, 1.807) is 26.0 Å². The van der Waals surface area contributed by atoms with Crippen LogP contribution in [0.2, 0.25) is 0 Å². The lowest BCUT2D eigenvalue weighted by atomic mass is 9.42. The minimum absolute atomic E-state index is 0.0197. The van der Waals surface area contributed by atoms with Gasteiger partial charge in [0.1, 0.15) is 30.2 Å². The lowest BCUT2D eigenvalue weighted by Gasteiger charge is -2.65. The average molecular weight is 887 g/mol. The quantitative estimate of drug-likeness (QED) is 0.139. The van der Waals surface area contributed by atoms with Gasteiger partial charge in [-0.1, -0.05) is 32.0 Å². The molecule has 1 unspecified atom stereocenters. The number of phenols is 1. The molecule has 15 heteroatoms. The molecule has 4 aliphatic carbocycles. The number of fused-ring (bicyclic) bond motifs is 5. The summed E-state index contributed by atoms with van der Waals surface area (Å²) >= 11 is 0. The van der Waals surface area contributed by atoms with Crippen LogP contribution in [0.1, 0.15) is 111 Å². The largest absolute Gasteiger partial charge is 0.508 e. The van der Waals surface area contributed by atoms with Crippen LogP contribution >= 0.6 is 0 Å². The lowest BCUT2D eigenvalue weighted by molar-refractivity contribution is -0.336. The maximum Gasteiger partial charge on any atom is 0.334 e. The summed E-state index contributed by atoms with van der Waals surface area (Å²) in [5.74, 6) is -0.192. The Labute approximate surface area is 370 Å². The summed E-state index contributed by atoms with van der Waals surface area (Å²) in [6.07, 6.45) is -2.37. The van der Waals surface area contributed by atoms with Gasteiger partial charge in [0.25, 0.3) is 0 Å². The molecule has 8 aliphatic rings. The van der Waals surface area contributed by atoms with Crippen LogP contribution in [-0.4, -0.2) is 139 Å². The smallest absolute Gasteiger partial charge is 0.334 e. The first-order valence-corrected chi connectivity index (χ1v) is 23.6. The van der Waals surface area contributed by atoms with Crippen LogP contribution in [0, 0.1) is 34.5 Å². The predicted molar refractivity (Wildman–Crippen MR) is 223 cm³/mol. The van der Waals surface area contributed by atoms with Crippen molar-refractivity contribution in [3.8, 4) is 5.75 Å². The van der Waals surface area contributed by atoms with Gasteiger partial charge in [0.05, 0.1) is 54.4 Å². The molecule has 0 aromatic heterocycles. The van der Waals surface area contributed by atoms with Crippen molar-refractivity contribution in [2.45, 2.75) is 209 Å². The molecule has 1 aromatic carbocycles. The monoisotopic (exact) mass is 886 g/mol. The van der Waals surface area contributed by atoms with Crippen molar-refractivity contribution < 1.29 is 73.7 Å². The lowest BCUT2D eigenvalue weighted by Crippen LogP contribution is -2.67. The van der Waals surface area contributed by atoms with Gasteiger partial charge < -0.3 is 68.9 Å². The zero-order valence-electron chi connectivity index (χ0n) is 37.2. The molecule has 0 amide bonds. The number of hydrogen-bond acceptors (Lipinski definition) is 15. The SMILES string of the molecule is C[C@H]1O[C@@H](O[C@H]2[C@@H](O)C[C@H](O[C@H]3[C@@H](O)C[C@H](O[C@H]4CC[C@@]5(C)[C@@H](CC[C@@H]6[C@@H]5C[C@@H](O)[C@]5(C)[C@@H](C7=CC(Cc8ccccc8O)OC7=O)CC[C@@]65O)C4)O[C@@H]3C)O[C@@H]2C)C[C@H](O)[C@@H]1O. The van der Waals surface area contributed by atoms with Crippen molar-refractivity contribution in [3.63, 3.8) is 0 Å². The number of phenolic OH excluding ortho intramolecular Hbond substituents is 1. The molecule has 1 aromatic rings. The van der Waals surface area contributed by atoms with Gasteiger partial charge in [-0.15, -0.1) is 0 Å². The highest BCUT2D eigenvalue weighted by molar-refractivity contribution is 5.92. The Kier molecular flexibility index (Phi) is 12.7. The summed E-state index contributed by atoms with van der Waals surface area (Å²) in [5, 5.41) is 78.0. The Morgan fingerprint density at radius 3 is 1.97 bits per heavy atom. The highest BCUT2D eigenvalue weighted by Gasteiger charge is 2.71. The van der Waals surface area contributed by atoms with Crippen molar-refractivity contribution in [1.82, 2.24) is 0 Å². The summed E-state index contributed by atoms with van der Waals surface area (Å²) in [5.41, 5.74) is -0.953. The van der Waals surface area contributed by atoms with Gasteiger partial charge in [-0.3, -0.25) is 0 Å². The van der Waals surface area contributed by atoms with Crippen LogP contribution in [0.3, 0.4) is 0 Å². The maximum atomic E-state index is 13.4. The molecule has 0 spiro atoms. The molecule has 7 fully saturated rings. The van der Waals surface area contributed by atoms with E-state index in [0.29, 0.717) is 42.7 Å². The summed E-state index contributed by atoms with van der Waals surface area (Å²) in [7, 11) is 0. The fourth-order valence-corrected chi connectivity index (χ4v) is 13.8. The molecule has 7 N–H and O–H groups in total. The number of aromatic hydroxyl groups is 1. The summed E-state index contributed by atoms with van der Waals surface area (Å²) < 4.78 is 42.8. The number of hydrogen-bond donors (Lipinski definition) is 7. The van der Waals surface area contributed by atoms with Gasteiger partial charge in [0, 0.05) is 42.6 Å². The van der Waals surface area contributed by atoms with Crippen molar-refractivity contribution in [3.05, 3.63) is 41.5 Å². The number of benzene rings is 1. The van der Waals surface area contributed by atoms with E-state index in [9.17, 15) is 40.5 Å². The molecule has 0 bridgehead atoms. The number of rotatable bonds is 9. The molecule has 0 radical (unpaired) electrons. The van der Waals surface area contributed by atoms with Crippen LogP contribution in [0.5, 0.6) is 5.75 Å². The third kappa shape index (κ3) is 8.11.